The second-order valence-corrected chi connectivity index (χ2v) is 4.11. The van der Waals surface area contributed by atoms with Crippen molar-refractivity contribution in [2.45, 2.75) is 12.3 Å². The molecule has 0 bridgehead atoms. The first-order valence-corrected chi connectivity index (χ1v) is 5.75. The summed E-state index contributed by atoms with van der Waals surface area (Å²) in [5.41, 5.74) is 1.09. The summed E-state index contributed by atoms with van der Waals surface area (Å²) in [7, 11) is 0. The van der Waals surface area contributed by atoms with Crippen LogP contribution in [-0.4, -0.2) is 32.4 Å². The van der Waals surface area contributed by atoms with Crippen LogP contribution in [0.4, 0.5) is 17.1 Å². The van der Waals surface area contributed by atoms with Gasteiger partial charge in [0.25, 0.3) is 0 Å². The minimum atomic E-state index is -1.48. The molecule has 0 saturated heterocycles. The third-order valence-corrected chi connectivity index (χ3v) is 2.85. The van der Waals surface area contributed by atoms with Crippen molar-refractivity contribution in [3.8, 4) is 0 Å². The molecule has 0 fully saturated rings. The van der Waals surface area contributed by atoms with Crippen LogP contribution in [0.15, 0.2) is 12.1 Å². The van der Waals surface area contributed by atoms with Gasteiger partial charge in [-0.2, -0.15) is 0 Å². The highest BCUT2D eigenvalue weighted by Gasteiger charge is 2.41. The standard InChI is InChI=1S/C10H10N4O8/c11-4-3-6(10(15)16)5-1-2-7(12(17)18)9(14(21)22)8(5)13(19)20/h1-2,6H,3-4,11H2,(H,15,16). The zero-order chi connectivity index (χ0) is 17.0. The Morgan fingerprint density at radius 1 is 1.09 bits per heavy atom. The Morgan fingerprint density at radius 2 is 1.64 bits per heavy atom. The number of nitro groups is 3. The second-order valence-electron chi connectivity index (χ2n) is 4.11. The summed E-state index contributed by atoms with van der Waals surface area (Å²) in [5, 5.41) is 42.0. The Balaban J connectivity index is 3.77. The van der Waals surface area contributed by atoms with E-state index >= 15 is 0 Å². The zero-order valence-corrected chi connectivity index (χ0v) is 10.9. The zero-order valence-electron chi connectivity index (χ0n) is 10.9. The van der Waals surface area contributed by atoms with Crippen LogP contribution in [0.3, 0.4) is 0 Å². The first-order chi connectivity index (χ1) is 10.2. The van der Waals surface area contributed by atoms with Gasteiger partial charge in [-0.05, 0) is 19.0 Å². The minimum absolute atomic E-state index is 0.140. The van der Waals surface area contributed by atoms with Gasteiger partial charge >= 0.3 is 23.0 Å². The van der Waals surface area contributed by atoms with Crippen molar-refractivity contribution in [1.82, 2.24) is 0 Å². The maximum absolute atomic E-state index is 11.2. The largest absolute Gasteiger partial charge is 0.481 e. The van der Waals surface area contributed by atoms with Crippen LogP contribution in [0.1, 0.15) is 17.9 Å². The van der Waals surface area contributed by atoms with E-state index in [4.69, 9.17) is 10.8 Å². The quantitative estimate of drug-likeness (QED) is 0.543. The van der Waals surface area contributed by atoms with E-state index in [1.54, 1.807) is 0 Å². The molecule has 0 aliphatic rings. The lowest BCUT2D eigenvalue weighted by Gasteiger charge is -2.11. The fourth-order valence-electron chi connectivity index (χ4n) is 1.96. The summed E-state index contributed by atoms with van der Waals surface area (Å²) in [6, 6.07) is 1.50. The highest BCUT2D eigenvalue weighted by molar-refractivity contribution is 5.81. The summed E-state index contributed by atoms with van der Waals surface area (Å²) in [5.74, 6) is -2.96. The Hall–Kier alpha value is -3.15. The molecule has 3 N–H and O–H groups in total. The van der Waals surface area contributed by atoms with Crippen LogP contribution in [0.25, 0.3) is 0 Å². The topological polar surface area (TPSA) is 193 Å². The van der Waals surface area contributed by atoms with Crippen LogP contribution < -0.4 is 5.73 Å². The van der Waals surface area contributed by atoms with Gasteiger partial charge in [0.15, 0.2) is 0 Å². The van der Waals surface area contributed by atoms with E-state index in [1.165, 1.54) is 0 Å². The maximum atomic E-state index is 11.2. The first-order valence-electron chi connectivity index (χ1n) is 5.75. The van der Waals surface area contributed by atoms with Gasteiger partial charge in [-0.1, -0.05) is 0 Å². The normalized spacial score (nSPS) is 11.7. The van der Waals surface area contributed by atoms with Crippen molar-refractivity contribution < 1.29 is 24.7 Å². The van der Waals surface area contributed by atoms with Crippen LogP contribution in [0, 0.1) is 30.3 Å². The molecule has 0 radical (unpaired) electrons. The van der Waals surface area contributed by atoms with Gasteiger partial charge in [-0.25, -0.2) is 0 Å². The van der Waals surface area contributed by atoms with Crippen molar-refractivity contribution in [3.63, 3.8) is 0 Å². The molecule has 118 valence electrons. The van der Waals surface area contributed by atoms with Gasteiger partial charge in [-0.3, -0.25) is 35.1 Å². The third kappa shape index (κ3) is 3.12. The molecule has 0 aliphatic heterocycles. The average Bonchev–Trinajstić information content (AvgIpc) is 2.42. The van der Waals surface area contributed by atoms with Gasteiger partial charge in [0.1, 0.15) is 0 Å². The lowest BCUT2D eigenvalue weighted by Crippen LogP contribution is -2.18. The molecule has 1 aromatic carbocycles. The van der Waals surface area contributed by atoms with E-state index in [1.807, 2.05) is 0 Å². The summed E-state index contributed by atoms with van der Waals surface area (Å²) in [4.78, 5) is 40.4. The van der Waals surface area contributed by atoms with Crippen LogP contribution in [-0.2, 0) is 4.79 Å². The van der Waals surface area contributed by atoms with Crippen LogP contribution >= 0.6 is 0 Å². The van der Waals surface area contributed by atoms with Crippen molar-refractivity contribution in [2.24, 2.45) is 5.73 Å². The fourth-order valence-corrected chi connectivity index (χ4v) is 1.96. The number of carboxylic acid groups (broad SMARTS) is 1. The molecule has 0 heterocycles. The van der Waals surface area contributed by atoms with E-state index in [0.717, 1.165) is 6.07 Å². The summed E-state index contributed by atoms with van der Waals surface area (Å²) in [6.07, 6.45) is -0.217. The molecule has 0 spiro atoms. The molecule has 0 amide bonds. The second kappa shape index (κ2) is 6.53. The number of nitrogens with zero attached hydrogens (tertiary/aromatic N) is 3. The van der Waals surface area contributed by atoms with Crippen molar-refractivity contribution in [3.05, 3.63) is 48.0 Å². The van der Waals surface area contributed by atoms with Gasteiger partial charge in [0.05, 0.1) is 26.3 Å². The molecule has 0 aromatic heterocycles. The summed E-state index contributed by atoms with van der Waals surface area (Å²) < 4.78 is 0. The van der Waals surface area contributed by atoms with E-state index in [0.29, 0.717) is 6.07 Å². The van der Waals surface area contributed by atoms with Gasteiger partial charge in [-0.15, -0.1) is 0 Å². The Labute approximate surface area is 121 Å². The molecule has 12 heteroatoms. The fraction of sp³-hybridized carbons (Fsp3) is 0.300. The number of hydrogen-bond acceptors (Lipinski definition) is 8. The first kappa shape index (κ1) is 16.9. The summed E-state index contributed by atoms with van der Waals surface area (Å²) in [6.45, 7) is -0.140. The van der Waals surface area contributed by atoms with E-state index in [-0.39, 0.29) is 13.0 Å². The monoisotopic (exact) mass is 314 g/mol. The average molecular weight is 314 g/mol. The molecule has 0 saturated carbocycles. The van der Waals surface area contributed by atoms with Crippen LogP contribution in [0.2, 0.25) is 0 Å². The molecular weight excluding hydrogens is 304 g/mol. The molecule has 1 aromatic rings. The number of carboxylic acids is 1. The SMILES string of the molecule is NCCC(C(=O)O)c1ccc([N+](=O)[O-])c([N+](=O)[O-])c1[N+](=O)[O-]. The Bertz CT molecular complexity index is 659. The van der Waals surface area contributed by atoms with Gasteiger partial charge in [0, 0.05) is 6.07 Å². The molecular formula is C10H10N4O8. The smallest absolute Gasteiger partial charge is 0.422 e. The molecule has 0 aliphatic carbocycles. The molecule has 22 heavy (non-hydrogen) atoms. The maximum Gasteiger partial charge on any atom is 0.422 e. The number of nitrogens with two attached hydrogens (primary N) is 1. The Kier molecular flexibility index (Phi) is 5.02. The van der Waals surface area contributed by atoms with Crippen molar-refractivity contribution in [2.75, 3.05) is 6.54 Å². The number of aliphatic carboxylic acids is 1. The predicted octanol–water partition coefficient (Wildman–Crippen LogP) is 0.928. The number of rotatable bonds is 7. The summed E-state index contributed by atoms with van der Waals surface area (Å²) >= 11 is 0. The van der Waals surface area contributed by atoms with E-state index in [2.05, 4.69) is 0 Å². The number of nitro benzene ring substituents is 3. The highest BCUT2D eigenvalue weighted by Crippen LogP contribution is 2.42. The Morgan fingerprint density at radius 3 is 2.00 bits per heavy atom. The van der Waals surface area contributed by atoms with Gasteiger partial charge in [0.2, 0.25) is 0 Å². The van der Waals surface area contributed by atoms with E-state index in [9.17, 15) is 35.1 Å². The van der Waals surface area contributed by atoms with Crippen molar-refractivity contribution >= 4 is 23.0 Å². The lowest BCUT2D eigenvalue weighted by atomic mass is 9.93. The lowest BCUT2D eigenvalue weighted by molar-refractivity contribution is -0.441. The van der Waals surface area contributed by atoms with Crippen molar-refractivity contribution in [1.29, 1.82) is 0 Å². The van der Waals surface area contributed by atoms with Gasteiger partial charge < -0.3 is 10.8 Å². The number of hydrogen-bond donors (Lipinski definition) is 2. The third-order valence-electron chi connectivity index (χ3n) is 2.85. The predicted molar refractivity (Wildman–Crippen MR) is 70.5 cm³/mol. The van der Waals surface area contributed by atoms with Crippen LogP contribution in [0.5, 0.6) is 0 Å². The minimum Gasteiger partial charge on any atom is -0.481 e. The number of benzene rings is 1. The van der Waals surface area contributed by atoms with E-state index < -0.39 is 49.3 Å². The molecule has 1 unspecified atom stereocenters. The molecule has 12 nitrogen and oxygen atoms in total. The molecule has 1 atom stereocenters. The highest BCUT2D eigenvalue weighted by atomic mass is 16.6. The molecule has 1 rings (SSSR count). The number of carbonyl (C=O) groups is 1.